The van der Waals surface area contributed by atoms with E-state index >= 15 is 0 Å². The van der Waals surface area contributed by atoms with E-state index in [2.05, 4.69) is 24.4 Å². The van der Waals surface area contributed by atoms with Crippen LogP contribution in [-0.4, -0.2) is 25.2 Å². The molecular weight excluding hydrogens is 200 g/mol. The Balaban J connectivity index is 1.61. The fraction of sp³-hybridized carbons (Fsp3) is 0.538. The first-order valence-electron chi connectivity index (χ1n) is 5.92. The van der Waals surface area contributed by atoms with E-state index in [4.69, 9.17) is 10.5 Å². The van der Waals surface area contributed by atoms with Crippen molar-refractivity contribution in [1.29, 1.82) is 0 Å². The van der Waals surface area contributed by atoms with E-state index in [0.29, 0.717) is 12.1 Å². The summed E-state index contributed by atoms with van der Waals surface area (Å²) < 4.78 is 5.64. The molecule has 88 valence electrons. The molecule has 1 aliphatic carbocycles. The molecule has 1 fully saturated rings. The SMILES string of the molecule is Cc1cccc(OCCNC2CC(N)C2)c1. The fourth-order valence-electron chi connectivity index (χ4n) is 1.97. The maximum atomic E-state index is 5.71. The first kappa shape index (κ1) is 11.4. The lowest BCUT2D eigenvalue weighted by Crippen LogP contribution is -2.49. The largest absolute Gasteiger partial charge is 0.492 e. The third kappa shape index (κ3) is 3.22. The van der Waals surface area contributed by atoms with Crippen LogP contribution in [0.3, 0.4) is 0 Å². The summed E-state index contributed by atoms with van der Waals surface area (Å²) in [5, 5.41) is 3.43. The lowest BCUT2D eigenvalue weighted by molar-refractivity contribution is 0.256. The van der Waals surface area contributed by atoms with E-state index < -0.39 is 0 Å². The molecule has 0 atom stereocenters. The summed E-state index contributed by atoms with van der Waals surface area (Å²) in [6.07, 6.45) is 2.20. The second-order valence-corrected chi connectivity index (χ2v) is 4.55. The van der Waals surface area contributed by atoms with E-state index in [0.717, 1.165) is 31.7 Å². The Morgan fingerprint density at radius 1 is 1.44 bits per heavy atom. The molecule has 3 heteroatoms. The van der Waals surface area contributed by atoms with E-state index in [1.165, 1.54) is 5.56 Å². The van der Waals surface area contributed by atoms with Gasteiger partial charge in [0.15, 0.2) is 0 Å². The van der Waals surface area contributed by atoms with Gasteiger partial charge >= 0.3 is 0 Å². The molecule has 2 rings (SSSR count). The van der Waals surface area contributed by atoms with Crippen molar-refractivity contribution in [2.75, 3.05) is 13.2 Å². The minimum atomic E-state index is 0.412. The highest BCUT2D eigenvalue weighted by Gasteiger charge is 2.24. The molecule has 0 spiro atoms. The second kappa shape index (κ2) is 5.32. The van der Waals surface area contributed by atoms with Crippen molar-refractivity contribution in [2.24, 2.45) is 5.73 Å². The quantitative estimate of drug-likeness (QED) is 0.738. The van der Waals surface area contributed by atoms with Gasteiger partial charge in [-0.1, -0.05) is 12.1 Å². The highest BCUT2D eigenvalue weighted by Crippen LogP contribution is 2.17. The molecule has 3 nitrogen and oxygen atoms in total. The normalized spacial score (nSPS) is 23.9. The van der Waals surface area contributed by atoms with Crippen molar-refractivity contribution in [1.82, 2.24) is 5.32 Å². The second-order valence-electron chi connectivity index (χ2n) is 4.55. The number of nitrogens with one attached hydrogen (secondary N) is 1. The molecule has 1 aromatic carbocycles. The Kier molecular flexibility index (Phi) is 3.80. The van der Waals surface area contributed by atoms with Crippen LogP contribution in [0.4, 0.5) is 0 Å². The van der Waals surface area contributed by atoms with Crippen molar-refractivity contribution in [3.8, 4) is 5.75 Å². The molecule has 0 saturated heterocycles. The summed E-state index contributed by atoms with van der Waals surface area (Å²) in [5.41, 5.74) is 6.94. The topological polar surface area (TPSA) is 47.3 Å². The lowest BCUT2D eigenvalue weighted by Gasteiger charge is -2.33. The van der Waals surface area contributed by atoms with Crippen LogP contribution in [-0.2, 0) is 0 Å². The number of aryl methyl sites for hydroxylation is 1. The van der Waals surface area contributed by atoms with E-state index in [9.17, 15) is 0 Å². The fourth-order valence-corrected chi connectivity index (χ4v) is 1.97. The number of nitrogens with two attached hydrogens (primary N) is 1. The summed E-state index contributed by atoms with van der Waals surface area (Å²) in [6.45, 7) is 3.68. The number of ether oxygens (including phenoxy) is 1. The van der Waals surface area contributed by atoms with Crippen LogP contribution in [0.25, 0.3) is 0 Å². The summed E-state index contributed by atoms with van der Waals surface area (Å²) in [6, 6.07) is 9.15. The molecule has 0 aromatic heterocycles. The molecule has 0 unspecified atom stereocenters. The number of benzene rings is 1. The van der Waals surface area contributed by atoms with Gasteiger partial charge in [-0.2, -0.15) is 0 Å². The third-order valence-electron chi connectivity index (χ3n) is 2.97. The van der Waals surface area contributed by atoms with Gasteiger partial charge in [0.1, 0.15) is 12.4 Å². The highest BCUT2D eigenvalue weighted by molar-refractivity contribution is 5.27. The third-order valence-corrected chi connectivity index (χ3v) is 2.97. The maximum absolute atomic E-state index is 5.71. The Morgan fingerprint density at radius 3 is 2.94 bits per heavy atom. The van der Waals surface area contributed by atoms with Crippen molar-refractivity contribution >= 4 is 0 Å². The molecule has 0 amide bonds. The minimum Gasteiger partial charge on any atom is -0.492 e. The van der Waals surface area contributed by atoms with Crippen LogP contribution in [0.5, 0.6) is 5.75 Å². The lowest BCUT2D eigenvalue weighted by atomic mass is 9.88. The van der Waals surface area contributed by atoms with Gasteiger partial charge in [0.25, 0.3) is 0 Å². The Labute approximate surface area is 97.0 Å². The Bertz CT molecular complexity index is 334. The summed E-state index contributed by atoms with van der Waals surface area (Å²) in [5.74, 6) is 0.951. The van der Waals surface area contributed by atoms with Crippen LogP contribution in [0, 0.1) is 6.92 Å². The van der Waals surface area contributed by atoms with Crippen LogP contribution < -0.4 is 15.8 Å². The zero-order valence-corrected chi connectivity index (χ0v) is 9.78. The van der Waals surface area contributed by atoms with Gasteiger partial charge in [-0.05, 0) is 37.5 Å². The average Bonchev–Trinajstić information content (AvgIpc) is 2.21. The first-order valence-corrected chi connectivity index (χ1v) is 5.92. The molecule has 1 saturated carbocycles. The maximum Gasteiger partial charge on any atom is 0.119 e. The number of hydrogen-bond acceptors (Lipinski definition) is 3. The van der Waals surface area contributed by atoms with Gasteiger partial charge in [-0.15, -0.1) is 0 Å². The van der Waals surface area contributed by atoms with Crippen molar-refractivity contribution in [3.05, 3.63) is 29.8 Å². The van der Waals surface area contributed by atoms with Gasteiger partial charge in [-0.3, -0.25) is 0 Å². The predicted octanol–water partition coefficient (Wildman–Crippen LogP) is 1.45. The highest BCUT2D eigenvalue weighted by atomic mass is 16.5. The predicted molar refractivity (Wildman–Crippen MR) is 65.7 cm³/mol. The Morgan fingerprint density at radius 2 is 2.25 bits per heavy atom. The summed E-state index contributed by atoms with van der Waals surface area (Å²) in [4.78, 5) is 0. The standard InChI is InChI=1S/C13H20N2O/c1-10-3-2-4-13(7-10)16-6-5-15-12-8-11(14)9-12/h2-4,7,11-12,15H,5-6,8-9,14H2,1H3. The molecule has 1 aromatic rings. The molecule has 0 bridgehead atoms. The molecular formula is C13H20N2O. The van der Waals surface area contributed by atoms with Crippen LogP contribution in [0.15, 0.2) is 24.3 Å². The van der Waals surface area contributed by atoms with Gasteiger partial charge in [0.2, 0.25) is 0 Å². The van der Waals surface area contributed by atoms with Gasteiger partial charge in [0, 0.05) is 18.6 Å². The summed E-state index contributed by atoms with van der Waals surface area (Å²) in [7, 11) is 0. The van der Waals surface area contributed by atoms with Gasteiger partial charge in [0.05, 0.1) is 0 Å². The van der Waals surface area contributed by atoms with E-state index in [1.807, 2.05) is 12.1 Å². The van der Waals surface area contributed by atoms with E-state index in [-0.39, 0.29) is 0 Å². The minimum absolute atomic E-state index is 0.412. The van der Waals surface area contributed by atoms with Gasteiger partial charge in [-0.25, -0.2) is 0 Å². The molecule has 16 heavy (non-hydrogen) atoms. The monoisotopic (exact) mass is 220 g/mol. The average molecular weight is 220 g/mol. The van der Waals surface area contributed by atoms with Crippen LogP contribution in [0.2, 0.25) is 0 Å². The smallest absolute Gasteiger partial charge is 0.119 e. The molecule has 3 N–H and O–H groups in total. The number of rotatable bonds is 5. The van der Waals surface area contributed by atoms with Crippen molar-refractivity contribution in [3.63, 3.8) is 0 Å². The molecule has 0 aliphatic heterocycles. The van der Waals surface area contributed by atoms with Crippen LogP contribution >= 0.6 is 0 Å². The molecule has 0 heterocycles. The molecule has 1 aliphatic rings. The molecule has 0 radical (unpaired) electrons. The van der Waals surface area contributed by atoms with Gasteiger partial charge < -0.3 is 15.8 Å². The Hall–Kier alpha value is -1.06. The summed E-state index contributed by atoms with van der Waals surface area (Å²) >= 11 is 0. The number of hydrogen-bond donors (Lipinski definition) is 2. The zero-order chi connectivity index (χ0) is 11.4. The first-order chi connectivity index (χ1) is 7.74. The van der Waals surface area contributed by atoms with Crippen molar-refractivity contribution in [2.45, 2.75) is 31.8 Å². The van der Waals surface area contributed by atoms with E-state index in [1.54, 1.807) is 0 Å². The van der Waals surface area contributed by atoms with Crippen LogP contribution in [0.1, 0.15) is 18.4 Å². The van der Waals surface area contributed by atoms with Crippen molar-refractivity contribution < 1.29 is 4.74 Å². The zero-order valence-electron chi connectivity index (χ0n) is 9.78.